The Morgan fingerprint density at radius 1 is 1.59 bits per heavy atom. The van der Waals surface area contributed by atoms with Gasteiger partial charge in [-0.1, -0.05) is 13.8 Å². The molecule has 0 saturated carbocycles. The molecule has 0 spiro atoms. The van der Waals surface area contributed by atoms with Crippen molar-refractivity contribution in [2.75, 3.05) is 25.0 Å². The standard InChI is InChI=1S/C12H22N4O/c1-4-6-16-7-5-14-11(12(16)17)15(3)9-10(2)8-13/h5,7,10H,4,6,8-9,13H2,1-3H3. The van der Waals surface area contributed by atoms with Gasteiger partial charge in [0.05, 0.1) is 0 Å². The predicted octanol–water partition coefficient (Wildman–Crippen LogP) is 0.684. The lowest BCUT2D eigenvalue weighted by Crippen LogP contribution is -2.35. The number of nitrogens with zero attached hydrogens (tertiary/aromatic N) is 3. The van der Waals surface area contributed by atoms with Crippen molar-refractivity contribution >= 4 is 5.82 Å². The Kier molecular flexibility index (Phi) is 5.15. The topological polar surface area (TPSA) is 64.2 Å². The highest BCUT2D eigenvalue weighted by Gasteiger charge is 2.11. The fourth-order valence-electron chi connectivity index (χ4n) is 1.74. The molecule has 0 amide bonds. The number of nitrogens with two attached hydrogens (primary N) is 1. The molecular weight excluding hydrogens is 216 g/mol. The zero-order valence-electron chi connectivity index (χ0n) is 10.9. The molecule has 0 aliphatic rings. The Bertz CT molecular complexity index is 402. The fourth-order valence-corrected chi connectivity index (χ4v) is 1.74. The summed E-state index contributed by atoms with van der Waals surface area (Å²) in [5, 5.41) is 0. The van der Waals surface area contributed by atoms with E-state index >= 15 is 0 Å². The molecule has 0 aliphatic carbocycles. The van der Waals surface area contributed by atoms with Gasteiger partial charge >= 0.3 is 0 Å². The first kappa shape index (κ1) is 13.7. The van der Waals surface area contributed by atoms with E-state index < -0.39 is 0 Å². The van der Waals surface area contributed by atoms with Gasteiger partial charge in [0.25, 0.3) is 5.56 Å². The van der Waals surface area contributed by atoms with Gasteiger partial charge in [-0.25, -0.2) is 4.98 Å². The van der Waals surface area contributed by atoms with Crippen molar-refractivity contribution in [3.8, 4) is 0 Å². The molecule has 5 nitrogen and oxygen atoms in total. The average molecular weight is 238 g/mol. The second kappa shape index (κ2) is 6.39. The minimum absolute atomic E-state index is 0.0268. The van der Waals surface area contributed by atoms with E-state index in [0.717, 1.165) is 19.5 Å². The third-order valence-electron chi connectivity index (χ3n) is 2.71. The van der Waals surface area contributed by atoms with Gasteiger partial charge < -0.3 is 15.2 Å². The minimum atomic E-state index is -0.0268. The zero-order chi connectivity index (χ0) is 12.8. The summed E-state index contributed by atoms with van der Waals surface area (Å²) in [6.07, 6.45) is 4.35. The van der Waals surface area contributed by atoms with E-state index in [9.17, 15) is 4.79 Å². The predicted molar refractivity (Wildman–Crippen MR) is 70.3 cm³/mol. The Hall–Kier alpha value is -1.36. The van der Waals surface area contributed by atoms with Crippen LogP contribution in [-0.2, 0) is 6.54 Å². The van der Waals surface area contributed by atoms with Crippen molar-refractivity contribution in [2.45, 2.75) is 26.8 Å². The summed E-state index contributed by atoms with van der Waals surface area (Å²) < 4.78 is 1.70. The van der Waals surface area contributed by atoms with Crippen molar-refractivity contribution in [1.82, 2.24) is 9.55 Å². The highest BCUT2D eigenvalue weighted by molar-refractivity contribution is 5.34. The zero-order valence-corrected chi connectivity index (χ0v) is 10.9. The second-order valence-corrected chi connectivity index (χ2v) is 4.47. The molecule has 0 aliphatic heterocycles. The van der Waals surface area contributed by atoms with Crippen molar-refractivity contribution in [2.24, 2.45) is 11.7 Å². The molecule has 0 saturated heterocycles. The summed E-state index contributed by atoms with van der Waals surface area (Å²) in [7, 11) is 1.88. The molecule has 1 atom stereocenters. The molecule has 1 heterocycles. The fraction of sp³-hybridized carbons (Fsp3) is 0.667. The summed E-state index contributed by atoms with van der Waals surface area (Å²) in [5.74, 6) is 0.849. The molecule has 96 valence electrons. The molecule has 1 aromatic heterocycles. The van der Waals surface area contributed by atoms with E-state index in [1.165, 1.54) is 0 Å². The van der Waals surface area contributed by atoms with E-state index in [1.54, 1.807) is 17.0 Å². The number of rotatable bonds is 6. The Morgan fingerprint density at radius 2 is 2.29 bits per heavy atom. The molecule has 1 aromatic rings. The molecule has 0 aromatic carbocycles. The minimum Gasteiger partial charge on any atom is -0.355 e. The van der Waals surface area contributed by atoms with E-state index in [0.29, 0.717) is 18.3 Å². The van der Waals surface area contributed by atoms with Gasteiger partial charge in [0.2, 0.25) is 0 Å². The third kappa shape index (κ3) is 3.56. The molecular formula is C12H22N4O. The first-order valence-electron chi connectivity index (χ1n) is 6.06. The van der Waals surface area contributed by atoms with Gasteiger partial charge in [0.1, 0.15) is 0 Å². The molecule has 0 fully saturated rings. The molecule has 2 N–H and O–H groups in total. The van der Waals surface area contributed by atoms with E-state index in [-0.39, 0.29) is 5.56 Å². The highest BCUT2D eigenvalue weighted by atomic mass is 16.1. The van der Waals surface area contributed by atoms with Gasteiger partial charge in [0, 0.05) is 32.5 Å². The van der Waals surface area contributed by atoms with Crippen molar-refractivity contribution in [3.63, 3.8) is 0 Å². The lowest BCUT2D eigenvalue weighted by atomic mass is 10.2. The van der Waals surface area contributed by atoms with Crippen LogP contribution < -0.4 is 16.2 Å². The first-order chi connectivity index (χ1) is 8.10. The monoisotopic (exact) mass is 238 g/mol. The van der Waals surface area contributed by atoms with E-state index in [4.69, 9.17) is 5.73 Å². The lowest BCUT2D eigenvalue weighted by molar-refractivity contribution is 0.580. The second-order valence-electron chi connectivity index (χ2n) is 4.47. The molecule has 0 bridgehead atoms. The Labute approximate surface area is 102 Å². The largest absolute Gasteiger partial charge is 0.355 e. The first-order valence-corrected chi connectivity index (χ1v) is 6.06. The van der Waals surface area contributed by atoms with Crippen molar-refractivity contribution in [1.29, 1.82) is 0 Å². The smallest absolute Gasteiger partial charge is 0.293 e. The van der Waals surface area contributed by atoms with Crippen LogP contribution in [-0.4, -0.2) is 29.7 Å². The van der Waals surface area contributed by atoms with Crippen LogP contribution in [0.5, 0.6) is 0 Å². The summed E-state index contributed by atoms with van der Waals surface area (Å²) in [6, 6.07) is 0. The maximum Gasteiger partial charge on any atom is 0.293 e. The van der Waals surface area contributed by atoms with Crippen molar-refractivity contribution < 1.29 is 0 Å². The van der Waals surface area contributed by atoms with Gasteiger partial charge in [-0.3, -0.25) is 4.79 Å². The molecule has 17 heavy (non-hydrogen) atoms. The van der Waals surface area contributed by atoms with E-state index in [2.05, 4.69) is 11.9 Å². The van der Waals surface area contributed by atoms with Crippen LogP contribution in [0.15, 0.2) is 17.2 Å². The van der Waals surface area contributed by atoms with E-state index in [1.807, 2.05) is 18.9 Å². The maximum absolute atomic E-state index is 12.1. The summed E-state index contributed by atoms with van der Waals surface area (Å²) in [6.45, 7) is 6.20. The van der Waals surface area contributed by atoms with Crippen LogP contribution in [0.4, 0.5) is 5.82 Å². The van der Waals surface area contributed by atoms with Crippen LogP contribution in [0.3, 0.4) is 0 Å². The Morgan fingerprint density at radius 3 is 2.88 bits per heavy atom. The van der Waals surface area contributed by atoms with Crippen molar-refractivity contribution in [3.05, 3.63) is 22.7 Å². The third-order valence-corrected chi connectivity index (χ3v) is 2.71. The molecule has 0 radical (unpaired) electrons. The number of hydrogen-bond donors (Lipinski definition) is 1. The van der Waals surface area contributed by atoms with Crippen LogP contribution in [0.25, 0.3) is 0 Å². The molecule has 1 unspecified atom stereocenters. The normalized spacial score (nSPS) is 12.5. The lowest BCUT2D eigenvalue weighted by Gasteiger charge is -2.21. The van der Waals surface area contributed by atoms with Gasteiger partial charge in [-0.15, -0.1) is 0 Å². The quantitative estimate of drug-likeness (QED) is 0.791. The number of aryl methyl sites for hydroxylation is 1. The van der Waals surface area contributed by atoms with Crippen LogP contribution in [0.2, 0.25) is 0 Å². The summed E-state index contributed by atoms with van der Waals surface area (Å²) in [5.41, 5.74) is 5.56. The average Bonchev–Trinajstić information content (AvgIpc) is 2.31. The maximum atomic E-state index is 12.1. The van der Waals surface area contributed by atoms with Gasteiger partial charge in [-0.05, 0) is 18.9 Å². The van der Waals surface area contributed by atoms with Gasteiger partial charge in [0.15, 0.2) is 5.82 Å². The van der Waals surface area contributed by atoms with Crippen LogP contribution in [0, 0.1) is 5.92 Å². The number of anilines is 1. The molecule has 5 heteroatoms. The summed E-state index contributed by atoms with van der Waals surface area (Å²) in [4.78, 5) is 18.1. The number of aromatic nitrogens is 2. The number of hydrogen-bond acceptors (Lipinski definition) is 4. The highest BCUT2D eigenvalue weighted by Crippen LogP contribution is 2.04. The van der Waals surface area contributed by atoms with Gasteiger partial charge in [-0.2, -0.15) is 0 Å². The SMILES string of the molecule is CCCn1ccnc(N(C)CC(C)CN)c1=O. The Balaban J connectivity index is 2.90. The van der Waals surface area contributed by atoms with Crippen LogP contribution >= 0.6 is 0 Å². The van der Waals surface area contributed by atoms with Crippen LogP contribution in [0.1, 0.15) is 20.3 Å². The molecule has 1 rings (SSSR count). The summed E-state index contributed by atoms with van der Waals surface area (Å²) >= 11 is 0.